The predicted molar refractivity (Wildman–Crippen MR) is 136 cm³/mol. The van der Waals surface area contributed by atoms with Crippen LogP contribution < -0.4 is 4.90 Å². The largest absolute Gasteiger partial charge is 0.274 e. The van der Waals surface area contributed by atoms with Gasteiger partial charge in [0.05, 0.1) is 21.8 Å². The first-order valence-electron chi connectivity index (χ1n) is 11.5. The zero-order valence-electron chi connectivity index (χ0n) is 18.2. The third-order valence-corrected chi connectivity index (χ3v) is 9.09. The van der Waals surface area contributed by atoms with Crippen molar-refractivity contribution in [2.75, 3.05) is 4.90 Å². The second-order valence-electron chi connectivity index (χ2n) is 9.29. The molecule has 0 saturated carbocycles. The van der Waals surface area contributed by atoms with Crippen LogP contribution in [0.2, 0.25) is 0 Å². The van der Waals surface area contributed by atoms with Gasteiger partial charge in [-0.25, -0.2) is 4.90 Å². The molecule has 3 aliphatic carbocycles. The van der Waals surface area contributed by atoms with Crippen LogP contribution in [0.1, 0.15) is 28.2 Å². The number of hydrogen-bond acceptors (Lipinski definition) is 2. The van der Waals surface area contributed by atoms with Crippen LogP contribution in [0.25, 0.3) is 11.1 Å². The average molecular weight is 506 g/mol. The number of halogens is 1. The van der Waals surface area contributed by atoms with Crippen molar-refractivity contribution in [2.24, 2.45) is 11.8 Å². The fourth-order valence-electron chi connectivity index (χ4n) is 6.37. The third kappa shape index (κ3) is 2.41. The number of imide groups is 1. The van der Waals surface area contributed by atoms with Crippen LogP contribution >= 0.6 is 15.9 Å². The molecule has 4 aromatic carbocycles. The van der Waals surface area contributed by atoms with Crippen molar-refractivity contribution in [1.29, 1.82) is 0 Å². The Labute approximate surface area is 206 Å². The molecule has 8 rings (SSSR count). The Kier molecular flexibility index (Phi) is 4.10. The number of hydrogen-bond donors (Lipinski definition) is 0. The highest BCUT2D eigenvalue weighted by atomic mass is 79.9. The van der Waals surface area contributed by atoms with Crippen LogP contribution in [0.5, 0.6) is 0 Å². The normalized spacial score (nSPS) is 26.3. The molecule has 1 saturated heterocycles. The van der Waals surface area contributed by atoms with Gasteiger partial charge in [0.15, 0.2) is 0 Å². The van der Waals surface area contributed by atoms with Gasteiger partial charge in [-0.2, -0.15) is 0 Å². The Bertz CT molecular complexity index is 1430. The molecule has 2 bridgehead atoms. The molecule has 3 nitrogen and oxygen atoms in total. The summed E-state index contributed by atoms with van der Waals surface area (Å²) in [5, 5.41) is 0. The Morgan fingerprint density at radius 2 is 1.15 bits per heavy atom. The van der Waals surface area contributed by atoms with Crippen molar-refractivity contribution in [3.05, 3.63) is 125 Å². The molecule has 0 aromatic heterocycles. The third-order valence-electron chi connectivity index (χ3n) is 7.75. The lowest BCUT2D eigenvalue weighted by molar-refractivity contribution is -0.122. The van der Waals surface area contributed by atoms with Gasteiger partial charge in [-0.3, -0.25) is 9.59 Å². The van der Waals surface area contributed by atoms with E-state index in [-0.39, 0.29) is 17.7 Å². The summed E-state index contributed by atoms with van der Waals surface area (Å²) < 4.78 is -0.717. The molecule has 34 heavy (non-hydrogen) atoms. The summed E-state index contributed by atoms with van der Waals surface area (Å²) in [4.78, 5) is 29.4. The van der Waals surface area contributed by atoms with Gasteiger partial charge >= 0.3 is 0 Å². The lowest BCUT2D eigenvalue weighted by atomic mass is 9.55. The van der Waals surface area contributed by atoms with E-state index >= 15 is 0 Å². The van der Waals surface area contributed by atoms with Crippen molar-refractivity contribution in [3.8, 4) is 11.1 Å². The summed E-state index contributed by atoms with van der Waals surface area (Å²) in [6.07, 6.45) is 0. The molecule has 4 heteroatoms. The molecule has 1 aliphatic heterocycles. The molecule has 0 spiro atoms. The van der Waals surface area contributed by atoms with Crippen LogP contribution in [0.3, 0.4) is 0 Å². The number of amides is 2. The van der Waals surface area contributed by atoms with E-state index in [9.17, 15) is 9.59 Å². The summed E-state index contributed by atoms with van der Waals surface area (Å²) in [6.45, 7) is 0. The molecule has 2 atom stereocenters. The molecule has 0 radical (unpaired) electrons. The van der Waals surface area contributed by atoms with E-state index in [0.29, 0.717) is 5.69 Å². The maximum Gasteiger partial charge on any atom is 0.239 e. The Balaban J connectivity index is 1.36. The van der Waals surface area contributed by atoms with Gasteiger partial charge in [-0.05, 0) is 45.5 Å². The van der Waals surface area contributed by atoms with Gasteiger partial charge in [0.2, 0.25) is 11.8 Å². The SMILES string of the molecule is O=C1[C@@H]2[C@@H](C(=O)N1c1ccc(-c3ccccc3)cc1)C1c3ccccc3C2(Br)c2ccccc21. The first kappa shape index (κ1) is 19.9. The highest BCUT2D eigenvalue weighted by Gasteiger charge is 2.67. The smallest absolute Gasteiger partial charge is 0.239 e. The first-order chi connectivity index (χ1) is 16.6. The van der Waals surface area contributed by atoms with Gasteiger partial charge < -0.3 is 0 Å². The predicted octanol–water partition coefficient (Wildman–Crippen LogP) is 6.26. The molecule has 164 valence electrons. The second kappa shape index (κ2) is 7.00. The summed E-state index contributed by atoms with van der Waals surface area (Å²) in [7, 11) is 0. The van der Waals surface area contributed by atoms with E-state index in [1.54, 1.807) is 0 Å². The standard InChI is InChI=1S/C30H20BrNO2/c31-30-23-12-6-4-10-21(23)25(22-11-5-7-13-24(22)30)26-27(30)29(34)32(28(26)33)20-16-14-19(15-17-20)18-8-2-1-3-9-18/h1-17,25-27H/t25?,26-,27-,30?/m0/s1. The van der Waals surface area contributed by atoms with Gasteiger partial charge in [-0.15, -0.1) is 0 Å². The van der Waals surface area contributed by atoms with Crippen molar-refractivity contribution in [2.45, 2.75) is 10.2 Å². The van der Waals surface area contributed by atoms with Gasteiger partial charge in [0, 0.05) is 5.92 Å². The zero-order chi connectivity index (χ0) is 23.0. The molecule has 1 heterocycles. The number of carbonyl (C=O) groups excluding carboxylic acids is 2. The maximum atomic E-state index is 14.0. The van der Waals surface area contributed by atoms with Crippen LogP contribution in [0, 0.1) is 11.8 Å². The van der Waals surface area contributed by atoms with Gasteiger partial charge in [0.1, 0.15) is 0 Å². The molecular formula is C30H20BrNO2. The Hall–Kier alpha value is -3.50. The van der Waals surface area contributed by atoms with Crippen molar-refractivity contribution >= 4 is 33.4 Å². The lowest BCUT2D eigenvalue weighted by Crippen LogP contribution is -2.50. The fourth-order valence-corrected chi connectivity index (χ4v) is 7.57. The van der Waals surface area contributed by atoms with Crippen LogP contribution in [-0.2, 0) is 13.9 Å². The molecule has 0 unspecified atom stereocenters. The highest BCUT2D eigenvalue weighted by Crippen LogP contribution is 2.66. The van der Waals surface area contributed by atoms with Gasteiger partial charge in [0.25, 0.3) is 0 Å². The Morgan fingerprint density at radius 1 is 0.618 bits per heavy atom. The number of anilines is 1. The zero-order valence-corrected chi connectivity index (χ0v) is 19.8. The molecule has 4 aliphatic rings. The fraction of sp³-hybridized carbons (Fsp3) is 0.133. The van der Waals surface area contributed by atoms with Gasteiger partial charge in [-0.1, -0.05) is 107 Å². The minimum absolute atomic E-state index is 0.111. The van der Waals surface area contributed by atoms with E-state index in [0.717, 1.165) is 33.4 Å². The lowest BCUT2D eigenvalue weighted by Gasteiger charge is -2.51. The van der Waals surface area contributed by atoms with E-state index in [1.807, 2.05) is 66.7 Å². The monoisotopic (exact) mass is 505 g/mol. The number of nitrogens with zero attached hydrogens (tertiary/aromatic N) is 1. The molecule has 4 aromatic rings. The second-order valence-corrected chi connectivity index (χ2v) is 10.5. The Morgan fingerprint density at radius 3 is 1.76 bits per heavy atom. The van der Waals surface area contributed by atoms with Crippen LogP contribution in [-0.4, -0.2) is 11.8 Å². The average Bonchev–Trinajstić information content (AvgIpc) is 3.16. The summed E-state index contributed by atoms with van der Waals surface area (Å²) in [5.41, 5.74) is 7.27. The van der Waals surface area contributed by atoms with Crippen molar-refractivity contribution in [1.82, 2.24) is 0 Å². The number of rotatable bonds is 2. The van der Waals surface area contributed by atoms with Crippen LogP contribution in [0.4, 0.5) is 5.69 Å². The molecule has 0 N–H and O–H groups in total. The number of carbonyl (C=O) groups is 2. The molecule has 1 fully saturated rings. The molecular weight excluding hydrogens is 486 g/mol. The minimum atomic E-state index is -0.717. The van der Waals surface area contributed by atoms with E-state index in [2.05, 4.69) is 52.3 Å². The van der Waals surface area contributed by atoms with E-state index in [4.69, 9.17) is 0 Å². The number of alkyl halides is 1. The van der Waals surface area contributed by atoms with E-state index < -0.39 is 16.2 Å². The van der Waals surface area contributed by atoms with E-state index in [1.165, 1.54) is 4.90 Å². The van der Waals surface area contributed by atoms with Crippen molar-refractivity contribution in [3.63, 3.8) is 0 Å². The quantitative estimate of drug-likeness (QED) is 0.238. The summed E-state index contributed by atoms with van der Waals surface area (Å²) in [5.74, 6) is -1.27. The summed E-state index contributed by atoms with van der Waals surface area (Å²) >= 11 is 4.05. The maximum absolute atomic E-state index is 14.0. The first-order valence-corrected chi connectivity index (χ1v) is 12.3. The summed E-state index contributed by atoms with van der Waals surface area (Å²) in [6, 6.07) is 34.3. The topological polar surface area (TPSA) is 37.4 Å². The molecule has 2 amide bonds. The minimum Gasteiger partial charge on any atom is -0.274 e. The van der Waals surface area contributed by atoms with Crippen LogP contribution in [0.15, 0.2) is 103 Å². The number of benzene rings is 4. The van der Waals surface area contributed by atoms with Crippen molar-refractivity contribution < 1.29 is 9.59 Å². The highest BCUT2D eigenvalue weighted by molar-refractivity contribution is 9.09.